The van der Waals surface area contributed by atoms with Crippen molar-refractivity contribution in [2.24, 2.45) is 5.41 Å². The fourth-order valence-corrected chi connectivity index (χ4v) is 4.66. The van der Waals surface area contributed by atoms with Crippen LogP contribution in [-0.2, 0) is 11.2 Å². The van der Waals surface area contributed by atoms with Crippen molar-refractivity contribution in [1.29, 1.82) is 0 Å². The molecule has 0 spiro atoms. The van der Waals surface area contributed by atoms with Gasteiger partial charge in [0.1, 0.15) is 36.8 Å². The van der Waals surface area contributed by atoms with Crippen LogP contribution in [0, 0.1) is 5.41 Å². The zero-order valence-electron chi connectivity index (χ0n) is 16.8. The molecule has 1 aromatic rings. The first-order valence-corrected chi connectivity index (χ1v) is 10.6. The molecule has 2 heterocycles. The molecule has 3 aliphatic rings. The molecule has 8 heteroatoms. The van der Waals surface area contributed by atoms with Crippen molar-refractivity contribution in [1.82, 2.24) is 0 Å². The van der Waals surface area contributed by atoms with Crippen LogP contribution in [0.2, 0.25) is 0 Å². The molecule has 0 aromatic heterocycles. The number of hydrogen-bond acceptors (Lipinski definition) is 7. The molecule has 0 saturated carbocycles. The van der Waals surface area contributed by atoms with Gasteiger partial charge in [-0.25, -0.2) is 0 Å². The maximum atomic E-state index is 10.6. The largest absolute Gasteiger partial charge is 0.490 e. The van der Waals surface area contributed by atoms with Crippen molar-refractivity contribution in [3.63, 3.8) is 0 Å². The lowest BCUT2D eigenvalue weighted by Gasteiger charge is -2.47. The van der Waals surface area contributed by atoms with Crippen LogP contribution in [-0.4, -0.2) is 70.7 Å². The maximum Gasteiger partial charge on any atom is 0.142 e. The lowest BCUT2D eigenvalue weighted by Crippen LogP contribution is -2.62. The van der Waals surface area contributed by atoms with Gasteiger partial charge in [-0.15, -0.1) is 0 Å². The first-order valence-electron chi connectivity index (χ1n) is 10.2. The van der Waals surface area contributed by atoms with Gasteiger partial charge in [0.05, 0.1) is 18.4 Å². The minimum atomic E-state index is -1.40. The lowest BCUT2D eigenvalue weighted by atomic mass is 9.71. The van der Waals surface area contributed by atoms with E-state index in [-0.39, 0.29) is 0 Å². The normalized spacial score (nSPS) is 36.1. The Morgan fingerprint density at radius 1 is 1.20 bits per heavy atom. The van der Waals surface area contributed by atoms with Gasteiger partial charge in [-0.05, 0) is 36.1 Å². The van der Waals surface area contributed by atoms with Gasteiger partial charge in [-0.2, -0.15) is 0 Å². The molecule has 1 unspecified atom stereocenters. The Bertz CT molecular complexity index is 856. The van der Waals surface area contributed by atoms with Crippen LogP contribution >= 0.6 is 11.6 Å². The molecule has 4 rings (SSSR count). The van der Waals surface area contributed by atoms with E-state index < -0.39 is 42.5 Å². The van der Waals surface area contributed by atoms with Crippen LogP contribution in [0.1, 0.15) is 18.9 Å². The number of allylic oxidation sites excluding steroid dienone is 3. The molecule has 1 fully saturated rings. The van der Waals surface area contributed by atoms with Crippen molar-refractivity contribution >= 4 is 17.3 Å². The number of benzene rings is 1. The molecule has 30 heavy (non-hydrogen) atoms. The first-order chi connectivity index (χ1) is 14.3. The minimum Gasteiger partial charge on any atom is -0.490 e. The van der Waals surface area contributed by atoms with Gasteiger partial charge in [0, 0.05) is 17.0 Å². The van der Waals surface area contributed by atoms with Crippen LogP contribution in [0.3, 0.4) is 0 Å². The standard InChI is InChI=1S/C22H28ClNO6/c1-22(21-20(28)19(27)18(26)17(11-25)30-21)5-4-14(23)13(10-22)8-12-2-3-16-15(9-12)24-6-7-29-16/h2-4,9-10,17-21,24-28H,5-8,11H2,1H3/t17-,18-,19+,20-,21-,22?/m1/s1. The zero-order valence-corrected chi connectivity index (χ0v) is 17.5. The second-order valence-electron chi connectivity index (χ2n) is 8.46. The number of anilines is 1. The zero-order chi connectivity index (χ0) is 21.5. The molecule has 5 N–H and O–H groups in total. The van der Waals surface area contributed by atoms with Crippen LogP contribution in [0.5, 0.6) is 5.75 Å². The van der Waals surface area contributed by atoms with Crippen LogP contribution in [0.25, 0.3) is 0 Å². The molecule has 0 radical (unpaired) electrons. The number of fused-ring (bicyclic) bond motifs is 1. The molecule has 1 saturated heterocycles. The van der Waals surface area contributed by atoms with E-state index in [0.717, 1.165) is 29.1 Å². The average molecular weight is 438 g/mol. The summed E-state index contributed by atoms with van der Waals surface area (Å²) < 4.78 is 11.5. The van der Waals surface area contributed by atoms with Crippen molar-refractivity contribution in [3.8, 4) is 5.75 Å². The van der Waals surface area contributed by atoms with Gasteiger partial charge < -0.3 is 35.2 Å². The van der Waals surface area contributed by atoms with E-state index in [1.807, 2.05) is 37.3 Å². The number of hydrogen-bond donors (Lipinski definition) is 5. The Kier molecular flexibility index (Phi) is 6.12. The average Bonchev–Trinajstić information content (AvgIpc) is 2.75. The summed E-state index contributed by atoms with van der Waals surface area (Å²) in [5.41, 5.74) is 2.23. The number of ether oxygens (including phenoxy) is 2. The summed E-state index contributed by atoms with van der Waals surface area (Å²) in [6.45, 7) is 2.87. The highest BCUT2D eigenvalue weighted by molar-refractivity contribution is 6.32. The predicted octanol–water partition coefficient (Wildman–Crippen LogP) is 1.33. The molecule has 0 bridgehead atoms. The van der Waals surface area contributed by atoms with E-state index in [9.17, 15) is 20.4 Å². The maximum absolute atomic E-state index is 10.6. The highest BCUT2D eigenvalue weighted by Gasteiger charge is 2.50. The third-order valence-corrected chi connectivity index (χ3v) is 6.58. The summed E-state index contributed by atoms with van der Waals surface area (Å²) in [6.07, 6.45) is -0.860. The second kappa shape index (κ2) is 8.49. The smallest absolute Gasteiger partial charge is 0.142 e. The van der Waals surface area contributed by atoms with E-state index in [0.29, 0.717) is 24.5 Å². The third-order valence-electron chi connectivity index (χ3n) is 6.19. The number of rotatable bonds is 4. The van der Waals surface area contributed by atoms with Gasteiger partial charge in [0.25, 0.3) is 0 Å². The number of aliphatic hydroxyl groups excluding tert-OH is 4. The van der Waals surface area contributed by atoms with E-state index in [4.69, 9.17) is 21.1 Å². The monoisotopic (exact) mass is 437 g/mol. The van der Waals surface area contributed by atoms with Gasteiger partial charge in [-0.1, -0.05) is 36.7 Å². The Balaban J connectivity index is 1.59. The fourth-order valence-electron chi connectivity index (χ4n) is 4.46. The van der Waals surface area contributed by atoms with E-state index in [2.05, 4.69) is 5.32 Å². The van der Waals surface area contributed by atoms with Crippen molar-refractivity contribution in [2.75, 3.05) is 25.1 Å². The predicted molar refractivity (Wildman–Crippen MR) is 113 cm³/mol. The molecule has 2 aliphatic heterocycles. The summed E-state index contributed by atoms with van der Waals surface area (Å²) in [6, 6.07) is 5.98. The highest BCUT2D eigenvalue weighted by atomic mass is 35.5. The number of aliphatic hydroxyl groups is 4. The molecule has 1 aromatic carbocycles. The molecule has 0 amide bonds. The van der Waals surface area contributed by atoms with Gasteiger partial charge in [-0.3, -0.25) is 0 Å². The van der Waals surface area contributed by atoms with Crippen molar-refractivity contribution < 1.29 is 29.9 Å². The Morgan fingerprint density at radius 2 is 2.00 bits per heavy atom. The summed E-state index contributed by atoms with van der Waals surface area (Å²) in [5, 5.41) is 44.4. The number of nitrogens with one attached hydrogen (secondary N) is 1. The molecule has 7 nitrogen and oxygen atoms in total. The quantitative estimate of drug-likeness (QED) is 0.483. The minimum absolute atomic E-state index is 0.450. The van der Waals surface area contributed by atoms with Crippen molar-refractivity contribution in [3.05, 3.63) is 46.5 Å². The molecule has 164 valence electrons. The van der Waals surface area contributed by atoms with Crippen LogP contribution in [0.15, 0.2) is 41.0 Å². The summed E-state index contributed by atoms with van der Waals surface area (Å²) in [5.74, 6) is 0.829. The second-order valence-corrected chi connectivity index (χ2v) is 8.87. The van der Waals surface area contributed by atoms with Gasteiger partial charge >= 0.3 is 0 Å². The molecule has 6 atom stereocenters. The lowest BCUT2D eigenvalue weighted by molar-refractivity contribution is -0.248. The molecule has 1 aliphatic carbocycles. The number of halogens is 1. The fraction of sp³-hybridized carbons (Fsp3) is 0.545. The molecular weight excluding hydrogens is 410 g/mol. The topological polar surface area (TPSA) is 111 Å². The third kappa shape index (κ3) is 3.98. The van der Waals surface area contributed by atoms with Gasteiger partial charge in [0.15, 0.2) is 0 Å². The van der Waals surface area contributed by atoms with E-state index in [1.165, 1.54) is 0 Å². The SMILES string of the molecule is CC1([C@@H]2O[C@H](CO)[C@@H](O)[C@H](O)[C@H]2O)C=C(Cc2ccc3c(c2)NCCO3)C(Cl)=CC1. The summed E-state index contributed by atoms with van der Waals surface area (Å²) in [7, 11) is 0. The Labute approximate surface area is 180 Å². The summed E-state index contributed by atoms with van der Waals surface area (Å²) in [4.78, 5) is 0. The van der Waals surface area contributed by atoms with Crippen molar-refractivity contribution in [2.45, 2.75) is 50.3 Å². The van der Waals surface area contributed by atoms with E-state index >= 15 is 0 Å². The van der Waals surface area contributed by atoms with Gasteiger partial charge in [0.2, 0.25) is 0 Å². The van der Waals surface area contributed by atoms with Crippen LogP contribution in [0.4, 0.5) is 5.69 Å². The van der Waals surface area contributed by atoms with E-state index in [1.54, 1.807) is 0 Å². The highest BCUT2D eigenvalue weighted by Crippen LogP contribution is 2.43. The Morgan fingerprint density at radius 3 is 2.77 bits per heavy atom. The summed E-state index contributed by atoms with van der Waals surface area (Å²) >= 11 is 6.51. The Hall–Kier alpha value is -1.61. The first kappa shape index (κ1) is 21.6. The van der Waals surface area contributed by atoms with Crippen LogP contribution < -0.4 is 10.1 Å². The molecular formula is C22H28ClNO6.